The molecule has 0 bridgehead atoms. The summed E-state index contributed by atoms with van der Waals surface area (Å²) in [5.41, 5.74) is 1.34. The van der Waals surface area contributed by atoms with Crippen molar-refractivity contribution in [3.05, 3.63) is 70.3 Å². The maximum absolute atomic E-state index is 12.9. The van der Waals surface area contributed by atoms with E-state index in [1.807, 2.05) is 12.1 Å². The molecule has 1 aliphatic heterocycles. The summed E-state index contributed by atoms with van der Waals surface area (Å²) in [7, 11) is 0. The van der Waals surface area contributed by atoms with Gasteiger partial charge in [-0.15, -0.1) is 0 Å². The number of carbonyl (C=O) groups excluding carboxylic acids is 2. The molecule has 154 valence electrons. The van der Waals surface area contributed by atoms with E-state index in [0.717, 1.165) is 10.9 Å². The van der Waals surface area contributed by atoms with Crippen molar-refractivity contribution in [2.75, 3.05) is 32.8 Å². The maximum atomic E-state index is 12.9. The fraction of sp³-hybridized carbons (Fsp3) is 0.227. The Morgan fingerprint density at radius 2 is 1.60 bits per heavy atom. The lowest BCUT2D eigenvalue weighted by molar-refractivity contribution is -0.134. The van der Waals surface area contributed by atoms with Crippen LogP contribution in [0.2, 0.25) is 10.2 Å². The van der Waals surface area contributed by atoms with Gasteiger partial charge in [-0.25, -0.2) is 4.98 Å². The third kappa shape index (κ3) is 4.66. The zero-order valence-corrected chi connectivity index (χ0v) is 17.6. The molecule has 8 heteroatoms. The van der Waals surface area contributed by atoms with Crippen LogP contribution in [-0.2, 0) is 4.79 Å². The van der Waals surface area contributed by atoms with Gasteiger partial charge < -0.3 is 14.5 Å². The van der Waals surface area contributed by atoms with Gasteiger partial charge in [-0.3, -0.25) is 9.59 Å². The Kier molecular flexibility index (Phi) is 6.06. The molecule has 0 unspecified atom stereocenters. The summed E-state index contributed by atoms with van der Waals surface area (Å²) in [4.78, 5) is 33.0. The fourth-order valence-electron chi connectivity index (χ4n) is 3.34. The standard InChI is InChI=1S/C22H19Cl2N3O3/c23-17-3-5-18(6-4-17)30-14-21(28)26-9-11-27(12-10-26)22(29)16-1-7-19-15(13-16)2-8-20(24)25-19/h1-8,13H,9-12,14H2. The van der Waals surface area contributed by atoms with E-state index in [1.54, 1.807) is 52.3 Å². The predicted molar refractivity (Wildman–Crippen MR) is 116 cm³/mol. The lowest BCUT2D eigenvalue weighted by atomic mass is 10.1. The highest BCUT2D eigenvalue weighted by Gasteiger charge is 2.25. The molecule has 6 nitrogen and oxygen atoms in total. The van der Waals surface area contributed by atoms with Crippen LogP contribution in [0.15, 0.2) is 54.6 Å². The molecule has 30 heavy (non-hydrogen) atoms. The molecule has 0 aliphatic carbocycles. The second kappa shape index (κ2) is 8.90. The van der Waals surface area contributed by atoms with Crippen LogP contribution in [0.1, 0.15) is 10.4 Å². The van der Waals surface area contributed by atoms with Gasteiger partial charge >= 0.3 is 0 Å². The Morgan fingerprint density at radius 3 is 2.33 bits per heavy atom. The number of aromatic nitrogens is 1. The molecule has 1 aliphatic rings. The van der Waals surface area contributed by atoms with Crippen LogP contribution in [-0.4, -0.2) is 59.4 Å². The second-order valence-corrected chi connectivity index (χ2v) is 7.78. The van der Waals surface area contributed by atoms with Crippen LogP contribution < -0.4 is 4.74 Å². The molecule has 2 amide bonds. The molecule has 2 heterocycles. The van der Waals surface area contributed by atoms with E-state index in [9.17, 15) is 9.59 Å². The van der Waals surface area contributed by atoms with Crippen LogP contribution >= 0.6 is 23.2 Å². The molecular formula is C22H19Cl2N3O3. The number of piperazine rings is 1. The van der Waals surface area contributed by atoms with Crippen LogP contribution in [0.3, 0.4) is 0 Å². The van der Waals surface area contributed by atoms with Gasteiger partial charge in [0.05, 0.1) is 5.52 Å². The molecule has 1 aromatic heterocycles. The average Bonchev–Trinajstić information content (AvgIpc) is 2.77. The first-order valence-electron chi connectivity index (χ1n) is 9.51. The zero-order valence-electron chi connectivity index (χ0n) is 16.1. The van der Waals surface area contributed by atoms with Crippen molar-refractivity contribution in [3.63, 3.8) is 0 Å². The minimum atomic E-state index is -0.106. The molecule has 0 spiro atoms. The minimum absolute atomic E-state index is 0.0458. The third-order valence-corrected chi connectivity index (χ3v) is 5.46. The highest BCUT2D eigenvalue weighted by molar-refractivity contribution is 6.30. The molecule has 4 rings (SSSR count). The monoisotopic (exact) mass is 443 g/mol. The molecular weight excluding hydrogens is 425 g/mol. The number of amides is 2. The second-order valence-electron chi connectivity index (χ2n) is 6.96. The molecule has 1 fully saturated rings. The Hall–Kier alpha value is -2.83. The zero-order chi connectivity index (χ0) is 21.1. The highest BCUT2D eigenvalue weighted by atomic mass is 35.5. The number of nitrogens with zero attached hydrogens (tertiary/aromatic N) is 3. The fourth-order valence-corrected chi connectivity index (χ4v) is 3.62. The molecule has 0 radical (unpaired) electrons. The van der Waals surface area contributed by atoms with Gasteiger partial charge in [-0.05, 0) is 54.6 Å². The van der Waals surface area contributed by atoms with Crippen molar-refractivity contribution in [1.29, 1.82) is 0 Å². The Morgan fingerprint density at radius 1 is 0.900 bits per heavy atom. The number of benzene rings is 2. The number of rotatable bonds is 4. The summed E-state index contributed by atoms with van der Waals surface area (Å²) in [6.07, 6.45) is 0. The lowest BCUT2D eigenvalue weighted by Gasteiger charge is -2.34. The normalized spacial score (nSPS) is 14.1. The van der Waals surface area contributed by atoms with Gasteiger partial charge in [-0.1, -0.05) is 23.2 Å². The van der Waals surface area contributed by atoms with Crippen molar-refractivity contribution < 1.29 is 14.3 Å². The van der Waals surface area contributed by atoms with E-state index in [1.165, 1.54) is 0 Å². The molecule has 2 aromatic carbocycles. The number of hydrogen-bond donors (Lipinski definition) is 0. The van der Waals surface area contributed by atoms with E-state index < -0.39 is 0 Å². The summed E-state index contributed by atoms with van der Waals surface area (Å²) >= 11 is 11.8. The molecule has 1 saturated heterocycles. The van der Waals surface area contributed by atoms with Gasteiger partial charge in [0.25, 0.3) is 11.8 Å². The number of ether oxygens (including phenoxy) is 1. The predicted octanol–water partition coefficient (Wildman–Crippen LogP) is 3.91. The van der Waals surface area contributed by atoms with E-state index >= 15 is 0 Å². The summed E-state index contributed by atoms with van der Waals surface area (Å²) in [6.45, 7) is 1.85. The Balaban J connectivity index is 1.32. The molecule has 0 N–H and O–H groups in total. The third-order valence-electron chi connectivity index (χ3n) is 5.00. The van der Waals surface area contributed by atoms with Crippen molar-refractivity contribution in [2.24, 2.45) is 0 Å². The number of pyridine rings is 1. The number of halogens is 2. The molecule has 0 saturated carbocycles. The molecule has 3 aromatic rings. The van der Waals surface area contributed by atoms with Gasteiger partial charge in [0.1, 0.15) is 10.9 Å². The number of hydrogen-bond acceptors (Lipinski definition) is 4. The number of carbonyl (C=O) groups is 2. The van der Waals surface area contributed by atoms with Crippen molar-refractivity contribution in [2.45, 2.75) is 0 Å². The average molecular weight is 444 g/mol. The Labute approximate surface area is 184 Å². The van der Waals surface area contributed by atoms with Crippen molar-refractivity contribution >= 4 is 45.9 Å². The van der Waals surface area contributed by atoms with Crippen LogP contribution in [0.4, 0.5) is 0 Å². The van der Waals surface area contributed by atoms with Gasteiger partial charge in [0, 0.05) is 42.2 Å². The summed E-state index contributed by atoms with van der Waals surface area (Å²) < 4.78 is 5.52. The smallest absolute Gasteiger partial charge is 0.260 e. The van der Waals surface area contributed by atoms with E-state index in [4.69, 9.17) is 27.9 Å². The largest absolute Gasteiger partial charge is 0.484 e. The number of fused-ring (bicyclic) bond motifs is 1. The highest BCUT2D eigenvalue weighted by Crippen LogP contribution is 2.19. The first kappa shape index (κ1) is 20.4. The van der Waals surface area contributed by atoms with E-state index in [-0.39, 0.29) is 18.4 Å². The Bertz CT molecular complexity index is 1080. The van der Waals surface area contributed by atoms with Gasteiger partial charge in [0.2, 0.25) is 0 Å². The van der Waals surface area contributed by atoms with Crippen molar-refractivity contribution in [3.8, 4) is 5.75 Å². The van der Waals surface area contributed by atoms with Crippen LogP contribution in [0.5, 0.6) is 5.75 Å². The van der Waals surface area contributed by atoms with Crippen molar-refractivity contribution in [1.82, 2.24) is 14.8 Å². The van der Waals surface area contributed by atoms with Gasteiger partial charge in [0.15, 0.2) is 6.61 Å². The summed E-state index contributed by atoms with van der Waals surface area (Å²) in [6, 6.07) is 15.8. The van der Waals surface area contributed by atoms with Crippen LogP contribution in [0.25, 0.3) is 10.9 Å². The first-order valence-corrected chi connectivity index (χ1v) is 10.3. The van der Waals surface area contributed by atoms with E-state index in [0.29, 0.717) is 47.7 Å². The summed E-state index contributed by atoms with van der Waals surface area (Å²) in [5, 5.41) is 1.89. The lowest BCUT2D eigenvalue weighted by Crippen LogP contribution is -2.51. The quantitative estimate of drug-likeness (QED) is 0.573. The maximum Gasteiger partial charge on any atom is 0.260 e. The van der Waals surface area contributed by atoms with E-state index in [2.05, 4.69) is 4.98 Å². The SMILES string of the molecule is O=C(COc1ccc(Cl)cc1)N1CCN(C(=O)c2ccc3nc(Cl)ccc3c2)CC1. The minimum Gasteiger partial charge on any atom is -0.484 e. The topological polar surface area (TPSA) is 62.7 Å². The summed E-state index contributed by atoms with van der Waals surface area (Å²) in [5.74, 6) is 0.427. The first-order chi connectivity index (χ1) is 14.5. The van der Waals surface area contributed by atoms with Gasteiger partial charge in [-0.2, -0.15) is 0 Å². The van der Waals surface area contributed by atoms with Crippen LogP contribution in [0, 0.1) is 0 Å². The molecule has 0 atom stereocenters.